The van der Waals surface area contributed by atoms with Gasteiger partial charge in [-0.05, 0) is 16.6 Å². The van der Waals surface area contributed by atoms with Gasteiger partial charge in [-0.1, -0.05) is 42.5 Å². The quantitative estimate of drug-likeness (QED) is 0.429. The molecule has 2 atom stereocenters. The van der Waals surface area contributed by atoms with Crippen LogP contribution in [0.1, 0.15) is 28.6 Å². The van der Waals surface area contributed by atoms with E-state index < -0.39 is 37.9 Å². The molecule has 0 spiro atoms. The van der Waals surface area contributed by atoms with Crippen LogP contribution < -0.4 is 0 Å². The number of sulfonamides is 1. The first-order valence-corrected chi connectivity index (χ1v) is 10.6. The number of benzene rings is 2. The van der Waals surface area contributed by atoms with E-state index in [9.17, 15) is 21.6 Å². The van der Waals surface area contributed by atoms with Gasteiger partial charge in [0, 0.05) is 17.5 Å². The van der Waals surface area contributed by atoms with Gasteiger partial charge >= 0.3 is 0 Å². The highest BCUT2D eigenvalue weighted by Gasteiger charge is 2.48. The van der Waals surface area contributed by atoms with Crippen molar-refractivity contribution in [2.45, 2.75) is 17.5 Å². The average molecular weight is 397 g/mol. The van der Waals surface area contributed by atoms with Crippen molar-refractivity contribution in [3.8, 4) is 0 Å². The van der Waals surface area contributed by atoms with Crippen molar-refractivity contribution in [1.82, 2.24) is 4.47 Å². The Hall–Kier alpha value is -2.11. The molecule has 1 fully saturated rings. The first kappa shape index (κ1) is 18.7. The maximum absolute atomic E-state index is 12.4. The molecule has 0 saturated carbocycles. The lowest BCUT2D eigenvalue weighted by molar-refractivity contribution is 0.0988. The number of hydrogen-bond acceptors (Lipinski definition) is 6. The van der Waals surface area contributed by atoms with E-state index >= 15 is 0 Å². The second kappa shape index (κ2) is 6.89. The molecular weight excluding hydrogens is 382 g/mol. The highest BCUT2D eigenvalue weighted by Crippen LogP contribution is 2.42. The van der Waals surface area contributed by atoms with Crippen LogP contribution in [-0.2, 0) is 25.0 Å². The zero-order chi connectivity index (χ0) is 18.9. The molecule has 2 unspecified atom stereocenters. The summed E-state index contributed by atoms with van der Waals surface area (Å²) in [6, 6.07) is 13.8. The zero-order valence-electron chi connectivity index (χ0n) is 13.3. The third kappa shape index (κ3) is 4.17. The van der Waals surface area contributed by atoms with E-state index in [4.69, 9.17) is 9.39 Å². The van der Waals surface area contributed by atoms with Crippen molar-refractivity contribution >= 4 is 25.9 Å². The molecule has 26 heavy (non-hydrogen) atoms. The number of carbonyl (C=O) groups is 1. The van der Waals surface area contributed by atoms with Crippen LogP contribution in [0.2, 0.25) is 0 Å². The standard InChI is InChI=1S/C16H15NO7S2/c18-15(10-11-25(19,20)21)12-6-8-13(9-7-12)16-17(24-16)26(22,23)14-4-2-1-3-5-14/h1-9,16H,10-11H2,(H,19,20,21). The van der Waals surface area contributed by atoms with Crippen LogP contribution in [0.5, 0.6) is 0 Å². The summed E-state index contributed by atoms with van der Waals surface area (Å²) in [4.78, 5) is 17.2. The highest BCUT2D eigenvalue weighted by atomic mass is 32.2. The molecule has 2 aromatic rings. The Morgan fingerprint density at radius 2 is 1.62 bits per heavy atom. The Morgan fingerprint density at radius 1 is 1.00 bits per heavy atom. The van der Waals surface area contributed by atoms with Crippen LogP contribution in [0.25, 0.3) is 0 Å². The van der Waals surface area contributed by atoms with Crippen LogP contribution in [0.3, 0.4) is 0 Å². The third-order valence-corrected chi connectivity index (χ3v) is 6.07. The topological polar surface area (TPSA) is 121 Å². The van der Waals surface area contributed by atoms with Gasteiger partial charge in [-0.3, -0.25) is 14.2 Å². The molecule has 0 aliphatic carbocycles. The Balaban J connectivity index is 1.68. The summed E-state index contributed by atoms with van der Waals surface area (Å²) in [7, 11) is -7.97. The van der Waals surface area contributed by atoms with Crippen LogP contribution >= 0.6 is 0 Å². The van der Waals surface area contributed by atoms with Gasteiger partial charge in [0.1, 0.15) is 0 Å². The smallest absolute Gasteiger partial charge is 0.267 e. The third-order valence-electron chi connectivity index (χ3n) is 3.73. The van der Waals surface area contributed by atoms with Crippen LogP contribution in [-0.4, -0.2) is 37.4 Å². The lowest BCUT2D eigenvalue weighted by Gasteiger charge is -2.03. The second-order valence-corrected chi connectivity index (χ2v) is 8.97. The molecule has 0 amide bonds. The van der Waals surface area contributed by atoms with Crippen molar-refractivity contribution in [1.29, 1.82) is 0 Å². The fourth-order valence-corrected chi connectivity index (χ4v) is 4.05. The minimum absolute atomic E-state index is 0.111. The van der Waals surface area contributed by atoms with Gasteiger partial charge in [0.25, 0.3) is 20.1 Å². The average Bonchev–Trinajstić information content (AvgIpc) is 3.41. The summed E-state index contributed by atoms with van der Waals surface area (Å²) in [5, 5.41) is 0. The van der Waals surface area contributed by atoms with E-state index in [1.54, 1.807) is 18.2 Å². The molecule has 3 rings (SSSR count). The maximum Gasteiger partial charge on any atom is 0.267 e. The number of Topliss-reactive ketones (excluding diaryl/α,β-unsaturated/α-hetero) is 1. The summed E-state index contributed by atoms with van der Waals surface area (Å²) in [5.41, 5.74) is 0.798. The minimum atomic E-state index is -4.20. The molecule has 10 heteroatoms. The van der Waals surface area contributed by atoms with Gasteiger partial charge in [0.2, 0.25) is 0 Å². The van der Waals surface area contributed by atoms with Gasteiger partial charge in [-0.15, -0.1) is 0 Å². The molecule has 2 aromatic carbocycles. The Kier molecular flexibility index (Phi) is 4.95. The lowest BCUT2D eigenvalue weighted by atomic mass is 10.1. The minimum Gasteiger partial charge on any atom is -0.294 e. The van der Waals surface area contributed by atoms with Gasteiger partial charge in [-0.25, -0.2) is 8.42 Å². The molecule has 0 radical (unpaired) electrons. The van der Waals surface area contributed by atoms with E-state index in [1.807, 2.05) is 0 Å². The Bertz CT molecular complexity index is 1020. The summed E-state index contributed by atoms with van der Waals surface area (Å²) in [6.07, 6.45) is -1.12. The summed E-state index contributed by atoms with van der Waals surface area (Å²) < 4.78 is 55.7. The number of nitrogens with zero attached hydrogens (tertiary/aromatic N) is 1. The Morgan fingerprint density at radius 3 is 2.19 bits per heavy atom. The van der Waals surface area contributed by atoms with E-state index in [0.29, 0.717) is 5.56 Å². The van der Waals surface area contributed by atoms with Crippen LogP contribution in [0.4, 0.5) is 0 Å². The molecule has 0 bridgehead atoms. The van der Waals surface area contributed by atoms with Gasteiger partial charge in [0.15, 0.2) is 12.0 Å². The fourth-order valence-electron chi connectivity index (χ4n) is 2.33. The van der Waals surface area contributed by atoms with Crippen molar-refractivity contribution in [2.75, 3.05) is 5.75 Å². The van der Waals surface area contributed by atoms with Crippen molar-refractivity contribution in [3.63, 3.8) is 0 Å². The van der Waals surface area contributed by atoms with Crippen molar-refractivity contribution < 1.29 is 31.0 Å². The number of ketones is 1. The molecule has 138 valence electrons. The predicted octanol–water partition coefficient (Wildman–Crippen LogP) is 1.78. The first-order chi connectivity index (χ1) is 12.2. The fraction of sp³-hybridized carbons (Fsp3) is 0.188. The van der Waals surface area contributed by atoms with Crippen molar-refractivity contribution in [2.24, 2.45) is 0 Å². The molecule has 1 aliphatic heterocycles. The normalized spacial score (nSPS) is 19.9. The predicted molar refractivity (Wildman–Crippen MR) is 91.1 cm³/mol. The van der Waals surface area contributed by atoms with Gasteiger partial charge in [-0.2, -0.15) is 8.42 Å². The number of hydroxylamine groups is 1. The molecule has 8 nitrogen and oxygen atoms in total. The molecule has 1 aliphatic rings. The zero-order valence-corrected chi connectivity index (χ0v) is 15.0. The van der Waals surface area contributed by atoms with E-state index in [2.05, 4.69) is 0 Å². The molecule has 1 saturated heterocycles. The highest BCUT2D eigenvalue weighted by molar-refractivity contribution is 7.89. The summed E-state index contributed by atoms with van der Waals surface area (Å²) >= 11 is 0. The summed E-state index contributed by atoms with van der Waals surface area (Å²) in [6.45, 7) is 0. The largest absolute Gasteiger partial charge is 0.294 e. The molecular formula is C16H15NO7S2. The van der Waals surface area contributed by atoms with E-state index in [-0.39, 0.29) is 16.9 Å². The van der Waals surface area contributed by atoms with Gasteiger partial charge in [0.05, 0.1) is 10.6 Å². The monoisotopic (exact) mass is 397 g/mol. The maximum atomic E-state index is 12.4. The SMILES string of the molecule is O=C(CCS(=O)(=O)O)c1ccc(C2ON2S(=O)(=O)c2ccccc2)cc1. The van der Waals surface area contributed by atoms with Crippen molar-refractivity contribution in [3.05, 3.63) is 65.7 Å². The lowest BCUT2D eigenvalue weighted by Crippen LogP contribution is -2.12. The Labute approximate surface area is 150 Å². The molecule has 1 heterocycles. The second-order valence-electron chi connectivity index (χ2n) is 5.61. The first-order valence-electron chi connectivity index (χ1n) is 7.53. The van der Waals surface area contributed by atoms with Gasteiger partial charge < -0.3 is 0 Å². The molecule has 1 N–H and O–H groups in total. The number of carbonyl (C=O) groups excluding carboxylic acids is 1. The van der Waals surface area contributed by atoms with Crippen LogP contribution in [0, 0.1) is 0 Å². The number of rotatable bonds is 7. The number of hydrogen-bond donors (Lipinski definition) is 1. The molecule has 0 aromatic heterocycles. The van der Waals surface area contributed by atoms with E-state index in [1.165, 1.54) is 36.4 Å². The summed E-state index contributed by atoms with van der Waals surface area (Å²) in [5.74, 6) is -1.10. The van der Waals surface area contributed by atoms with Crippen LogP contribution in [0.15, 0.2) is 59.5 Å². The van der Waals surface area contributed by atoms with E-state index in [0.717, 1.165) is 4.47 Å².